The molecule has 0 fully saturated rings. The molecule has 0 amide bonds. The van der Waals surface area contributed by atoms with Crippen LogP contribution in [0.2, 0.25) is 10.0 Å². The summed E-state index contributed by atoms with van der Waals surface area (Å²) in [5.74, 6) is 0.651. The second-order valence-corrected chi connectivity index (χ2v) is 5.24. The molecule has 104 valence electrons. The molecule has 0 aliphatic carbocycles. The van der Waals surface area contributed by atoms with Gasteiger partial charge in [-0.05, 0) is 47.8 Å². The van der Waals surface area contributed by atoms with Gasteiger partial charge in [0.1, 0.15) is 12.4 Å². The molecule has 6 heteroatoms. The van der Waals surface area contributed by atoms with Gasteiger partial charge in [0.25, 0.3) is 0 Å². The number of hydrogen-bond acceptors (Lipinski definition) is 3. The molecule has 2 rings (SSSR count). The van der Waals surface area contributed by atoms with E-state index in [0.29, 0.717) is 27.9 Å². The molecule has 0 atom stereocenters. The van der Waals surface area contributed by atoms with Gasteiger partial charge < -0.3 is 14.8 Å². The first-order valence-electron chi connectivity index (χ1n) is 6.01. The largest absolute Gasteiger partial charge is 0.489 e. The Balaban J connectivity index is 2.07. The topological polar surface area (TPSA) is 49.7 Å². The van der Waals surface area contributed by atoms with E-state index in [0.717, 1.165) is 11.1 Å². The molecule has 2 aromatic rings. The minimum Gasteiger partial charge on any atom is -0.489 e. The molecular weight excluding hydrogens is 298 g/mol. The van der Waals surface area contributed by atoms with E-state index in [1.54, 1.807) is 37.3 Å². The number of hydrogen-bond donors (Lipinski definition) is 2. The lowest BCUT2D eigenvalue weighted by Gasteiger charge is -2.10. The van der Waals surface area contributed by atoms with Crippen LogP contribution in [-0.4, -0.2) is 17.2 Å². The van der Waals surface area contributed by atoms with Crippen molar-refractivity contribution in [1.29, 1.82) is 0 Å². The van der Waals surface area contributed by atoms with Crippen LogP contribution in [0.3, 0.4) is 0 Å². The van der Waals surface area contributed by atoms with Crippen molar-refractivity contribution in [2.75, 3.05) is 0 Å². The quantitative estimate of drug-likeness (QED) is 0.853. The monoisotopic (exact) mass is 310 g/mol. The Bertz CT molecular complexity index is 617. The molecule has 0 aliphatic heterocycles. The second-order valence-electron chi connectivity index (χ2n) is 4.43. The molecule has 0 saturated heterocycles. The zero-order chi connectivity index (χ0) is 14.7. The summed E-state index contributed by atoms with van der Waals surface area (Å²) in [5.41, 5.74) is 2.13. The lowest BCUT2D eigenvalue weighted by Crippen LogP contribution is -2.31. The highest BCUT2D eigenvalue weighted by Crippen LogP contribution is 2.23. The SMILES string of the molecule is Cc1cc(OCc2ccc(Cl)c(Cl)c2)ccc1B(O)O. The van der Waals surface area contributed by atoms with E-state index < -0.39 is 7.12 Å². The Labute approximate surface area is 127 Å². The van der Waals surface area contributed by atoms with Gasteiger partial charge in [-0.25, -0.2) is 0 Å². The molecule has 0 aliphatic rings. The molecule has 0 spiro atoms. The average molecular weight is 311 g/mol. The minimum absolute atomic E-state index is 0.358. The summed E-state index contributed by atoms with van der Waals surface area (Å²) in [6, 6.07) is 10.4. The molecule has 0 aromatic heterocycles. The van der Waals surface area contributed by atoms with E-state index in [9.17, 15) is 0 Å². The standard InChI is InChI=1S/C14H13BCl2O3/c1-9-6-11(3-4-12(9)15(18)19)20-8-10-2-5-13(16)14(17)7-10/h2-7,18-19H,8H2,1H3. The molecule has 0 saturated carbocycles. The Kier molecular flexibility index (Phi) is 4.94. The van der Waals surface area contributed by atoms with Crippen LogP contribution in [0.4, 0.5) is 0 Å². The molecule has 0 bridgehead atoms. The molecular formula is C14H13BCl2O3. The van der Waals surface area contributed by atoms with Crippen molar-refractivity contribution >= 4 is 35.8 Å². The van der Waals surface area contributed by atoms with Crippen LogP contribution < -0.4 is 10.2 Å². The van der Waals surface area contributed by atoms with Crippen molar-refractivity contribution in [3.63, 3.8) is 0 Å². The van der Waals surface area contributed by atoms with Crippen molar-refractivity contribution in [2.45, 2.75) is 13.5 Å². The van der Waals surface area contributed by atoms with E-state index >= 15 is 0 Å². The summed E-state index contributed by atoms with van der Waals surface area (Å²) < 4.78 is 5.64. The third kappa shape index (κ3) is 3.67. The molecule has 20 heavy (non-hydrogen) atoms. The summed E-state index contributed by atoms with van der Waals surface area (Å²) in [4.78, 5) is 0. The predicted octanol–water partition coefficient (Wildman–Crippen LogP) is 2.56. The van der Waals surface area contributed by atoms with Crippen molar-refractivity contribution in [2.24, 2.45) is 0 Å². The van der Waals surface area contributed by atoms with Gasteiger partial charge in [0.05, 0.1) is 10.0 Å². The maximum Gasteiger partial charge on any atom is 0.488 e. The van der Waals surface area contributed by atoms with Crippen LogP contribution in [0.15, 0.2) is 36.4 Å². The molecule has 0 unspecified atom stereocenters. The van der Waals surface area contributed by atoms with Crippen LogP contribution >= 0.6 is 23.2 Å². The van der Waals surface area contributed by atoms with Gasteiger partial charge in [-0.2, -0.15) is 0 Å². The van der Waals surface area contributed by atoms with Crippen LogP contribution in [0.5, 0.6) is 5.75 Å². The smallest absolute Gasteiger partial charge is 0.488 e. The molecule has 2 aromatic carbocycles. The summed E-state index contributed by atoms with van der Waals surface area (Å²) in [7, 11) is -1.47. The van der Waals surface area contributed by atoms with Gasteiger partial charge in [-0.3, -0.25) is 0 Å². The molecule has 0 radical (unpaired) electrons. The maximum absolute atomic E-state index is 9.15. The van der Waals surface area contributed by atoms with E-state index in [2.05, 4.69) is 0 Å². The molecule has 3 nitrogen and oxygen atoms in total. The van der Waals surface area contributed by atoms with Crippen LogP contribution in [0, 0.1) is 6.92 Å². The first-order valence-corrected chi connectivity index (χ1v) is 6.76. The Hall–Kier alpha value is -1.20. The first kappa shape index (κ1) is 15.2. The molecule has 2 N–H and O–H groups in total. The van der Waals surface area contributed by atoms with Crippen molar-refractivity contribution < 1.29 is 14.8 Å². The summed E-state index contributed by atoms with van der Waals surface area (Å²) >= 11 is 11.8. The Morgan fingerprint density at radius 1 is 1.05 bits per heavy atom. The third-order valence-corrected chi connectivity index (χ3v) is 3.65. The lowest BCUT2D eigenvalue weighted by molar-refractivity contribution is 0.306. The summed E-state index contributed by atoms with van der Waals surface area (Å²) in [6.07, 6.45) is 0. The van der Waals surface area contributed by atoms with Crippen molar-refractivity contribution in [3.8, 4) is 5.75 Å². The lowest BCUT2D eigenvalue weighted by atomic mass is 9.77. The fourth-order valence-corrected chi connectivity index (χ4v) is 2.14. The first-order chi connectivity index (χ1) is 9.47. The van der Waals surface area contributed by atoms with Gasteiger partial charge >= 0.3 is 7.12 Å². The highest BCUT2D eigenvalue weighted by Gasteiger charge is 2.14. The number of benzene rings is 2. The predicted molar refractivity (Wildman–Crippen MR) is 81.8 cm³/mol. The van der Waals surface area contributed by atoms with E-state index in [1.807, 2.05) is 6.07 Å². The number of ether oxygens (including phenoxy) is 1. The number of aryl methyl sites for hydroxylation is 1. The van der Waals surface area contributed by atoms with Gasteiger partial charge in [-0.1, -0.05) is 35.3 Å². The van der Waals surface area contributed by atoms with E-state index in [-0.39, 0.29) is 0 Å². The van der Waals surface area contributed by atoms with E-state index in [4.69, 9.17) is 38.0 Å². The summed E-state index contributed by atoms with van der Waals surface area (Å²) in [5, 5.41) is 19.3. The normalized spacial score (nSPS) is 10.4. The van der Waals surface area contributed by atoms with Crippen molar-refractivity contribution in [1.82, 2.24) is 0 Å². The number of rotatable bonds is 4. The third-order valence-electron chi connectivity index (χ3n) is 2.91. The van der Waals surface area contributed by atoms with Gasteiger partial charge in [0.2, 0.25) is 0 Å². The summed E-state index contributed by atoms with van der Waals surface area (Å²) in [6.45, 7) is 2.15. The van der Waals surface area contributed by atoms with Gasteiger partial charge in [0, 0.05) is 0 Å². The second kappa shape index (κ2) is 6.50. The Morgan fingerprint density at radius 3 is 2.40 bits per heavy atom. The van der Waals surface area contributed by atoms with Crippen LogP contribution in [0.1, 0.15) is 11.1 Å². The Morgan fingerprint density at radius 2 is 1.80 bits per heavy atom. The van der Waals surface area contributed by atoms with Crippen molar-refractivity contribution in [3.05, 3.63) is 57.6 Å². The van der Waals surface area contributed by atoms with Crippen LogP contribution in [-0.2, 0) is 6.61 Å². The van der Waals surface area contributed by atoms with E-state index in [1.165, 1.54) is 0 Å². The zero-order valence-electron chi connectivity index (χ0n) is 10.8. The fraction of sp³-hybridized carbons (Fsp3) is 0.143. The zero-order valence-corrected chi connectivity index (χ0v) is 12.3. The highest BCUT2D eigenvalue weighted by molar-refractivity contribution is 6.59. The minimum atomic E-state index is -1.47. The van der Waals surface area contributed by atoms with Crippen LogP contribution in [0.25, 0.3) is 0 Å². The van der Waals surface area contributed by atoms with Gasteiger partial charge in [-0.15, -0.1) is 0 Å². The highest BCUT2D eigenvalue weighted by atomic mass is 35.5. The fourth-order valence-electron chi connectivity index (χ4n) is 1.82. The molecule has 0 heterocycles. The maximum atomic E-state index is 9.15. The van der Waals surface area contributed by atoms with Gasteiger partial charge in [0.15, 0.2) is 0 Å². The number of halogens is 2. The average Bonchev–Trinajstić information content (AvgIpc) is 2.40.